The van der Waals surface area contributed by atoms with Crippen molar-refractivity contribution >= 4 is 0 Å². The van der Waals surface area contributed by atoms with E-state index in [1.54, 1.807) is 0 Å². The second kappa shape index (κ2) is 3.98. The Labute approximate surface area is 81.9 Å². The molecule has 1 heteroatoms. The van der Waals surface area contributed by atoms with Gasteiger partial charge in [-0.15, -0.1) is 0 Å². The molecule has 0 saturated heterocycles. The summed E-state index contributed by atoms with van der Waals surface area (Å²) in [5, 5.41) is 0. The Kier molecular flexibility index (Phi) is 3.37. The van der Waals surface area contributed by atoms with Crippen molar-refractivity contribution in [3.8, 4) is 0 Å². The van der Waals surface area contributed by atoms with E-state index in [1.807, 2.05) is 13.8 Å². The topological polar surface area (TPSA) is 0 Å². The van der Waals surface area contributed by atoms with Gasteiger partial charge in [0.1, 0.15) is 5.67 Å². The van der Waals surface area contributed by atoms with Gasteiger partial charge >= 0.3 is 0 Å². The van der Waals surface area contributed by atoms with Gasteiger partial charge in [-0.1, -0.05) is 27.2 Å². The Balaban J connectivity index is 0.000000396. The van der Waals surface area contributed by atoms with E-state index >= 15 is 0 Å². The van der Waals surface area contributed by atoms with Crippen molar-refractivity contribution in [2.24, 2.45) is 5.41 Å². The minimum absolute atomic E-state index is 0.563. The molecule has 0 N–H and O–H groups in total. The van der Waals surface area contributed by atoms with E-state index in [4.69, 9.17) is 0 Å². The summed E-state index contributed by atoms with van der Waals surface area (Å²) >= 11 is 0. The van der Waals surface area contributed by atoms with Crippen LogP contribution in [0.25, 0.3) is 0 Å². The van der Waals surface area contributed by atoms with E-state index in [0.717, 1.165) is 38.5 Å². The third-order valence-electron chi connectivity index (χ3n) is 4.06. The minimum atomic E-state index is -0.739. The largest absolute Gasteiger partial charge is 0.244 e. The molecule has 0 atom stereocenters. The Hall–Kier alpha value is -0.0700. The maximum atomic E-state index is 13.6. The summed E-state index contributed by atoms with van der Waals surface area (Å²) in [6.45, 7) is 6.26. The van der Waals surface area contributed by atoms with Crippen molar-refractivity contribution in [3.63, 3.8) is 0 Å². The van der Waals surface area contributed by atoms with Gasteiger partial charge in [-0.3, -0.25) is 0 Å². The van der Waals surface area contributed by atoms with E-state index in [0.29, 0.717) is 5.41 Å². The summed E-state index contributed by atoms with van der Waals surface area (Å²) in [6, 6.07) is 0. The molecule has 3 rings (SSSR count). The average molecular weight is 186 g/mol. The molecular weight excluding hydrogens is 163 g/mol. The zero-order chi connectivity index (χ0) is 9.95. The van der Waals surface area contributed by atoms with Crippen LogP contribution < -0.4 is 0 Å². The molecule has 0 unspecified atom stereocenters. The van der Waals surface area contributed by atoms with Gasteiger partial charge in [0.05, 0.1) is 0 Å². The van der Waals surface area contributed by atoms with Gasteiger partial charge in [0, 0.05) is 0 Å². The van der Waals surface area contributed by atoms with Crippen LogP contribution in [0.3, 0.4) is 0 Å². The second-order valence-electron chi connectivity index (χ2n) is 4.50. The van der Waals surface area contributed by atoms with Crippen molar-refractivity contribution in [2.45, 2.75) is 71.4 Å². The summed E-state index contributed by atoms with van der Waals surface area (Å²) in [4.78, 5) is 0. The molecule has 0 aliphatic heterocycles. The third kappa shape index (κ3) is 2.05. The Bertz CT molecular complexity index is 138. The zero-order valence-electron chi connectivity index (χ0n) is 9.33. The lowest BCUT2D eigenvalue weighted by Crippen LogP contribution is -2.42. The highest BCUT2D eigenvalue weighted by Gasteiger charge is 2.47. The molecule has 3 aliphatic rings. The van der Waals surface area contributed by atoms with E-state index in [9.17, 15) is 4.39 Å². The molecule has 13 heavy (non-hydrogen) atoms. The maximum Gasteiger partial charge on any atom is 0.111 e. The maximum absolute atomic E-state index is 13.6. The fourth-order valence-corrected chi connectivity index (χ4v) is 2.75. The van der Waals surface area contributed by atoms with Crippen LogP contribution in [0.15, 0.2) is 0 Å². The Morgan fingerprint density at radius 3 is 1.62 bits per heavy atom. The average Bonchev–Trinajstić information content (AvgIpc) is 2.23. The highest BCUT2D eigenvalue weighted by molar-refractivity contribution is 4.99. The summed E-state index contributed by atoms with van der Waals surface area (Å²) in [6.07, 6.45) is 7.27. The Morgan fingerprint density at radius 1 is 0.923 bits per heavy atom. The van der Waals surface area contributed by atoms with E-state index in [-0.39, 0.29) is 0 Å². The standard InChI is InChI=1S/C10H17F.C2H6/c1-2-9-3-6-10(11,7-4-9)8-5-9;1-2/h2-8H2,1H3;1-2H3. The van der Waals surface area contributed by atoms with Crippen molar-refractivity contribution in [3.05, 3.63) is 0 Å². The molecule has 78 valence electrons. The highest BCUT2D eigenvalue weighted by Crippen LogP contribution is 2.55. The molecular formula is C12H23F. The molecule has 0 nitrogen and oxygen atoms in total. The molecule has 0 heterocycles. The third-order valence-corrected chi connectivity index (χ3v) is 4.06. The molecule has 3 aliphatic carbocycles. The van der Waals surface area contributed by atoms with Crippen LogP contribution in [0.2, 0.25) is 0 Å². The lowest BCUT2D eigenvalue weighted by molar-refractivity contribution is -0.0361. The first kappa shape index (κ1) is 11.0. The van der Waals surface area contributed by atoms with E-state index in [2.05, 4.69) is 6.92 Å². The lowest BCUT2D eigenvalue weighted by Gasteiger charge is -2.49. The molecule has 0 aromatic carbocycles. The van der Waals surface area contributed by atoms with Crippen molar-refractivity contribution in [2.75, 3.05) is 0 Å². The number of alkyl halides is 1. The van der Waals surface area contributed by atoms with Crippen LogP contribution in [-0.2, 0) is 0 Å². The smallest absolute Gasteiger partial charge is 0.111 e. The molecule has 0 spiro atoms. The van der Waals surface area contributed by atoms with Gasteiger partial charge in [0.25, 0.3) is 0 Å². The monoisotopic (exact) mass is 186 g/mol. The molecule has 0 amide bonds. The molecule has 2 bridgehead atoms. The van der Waals surface area contributed by atoms with Crippen LogP contribution in [0.1, 0.15) is 65.7 Å². The SMILES string of the molecule is CC.CCC12CCC(F)(CC1)CC2. The predicted molar refractivity (Wildman–Crippen MR) is 55.6 cm³/mol. The van der Waals surface area contributed by atoms with E-state index in [1.165, 1.54) is 6.42 Å². The van der Waals surface area contributed by atoms with Crippen LogP contribution >= 0.6 is 0 Å². The van der Waals surface area contributed by atoms with Crippen molar-refractivity contribution in [1.82, 2.24) is 0 Å². The fourth-order valence-electron chi connectivity index (χ4n) is 2.75. The summed E-state index contributed by atoms with van der Waals surface area (Å²) in [5.41, 5.74) is -0.176. The second-order valence-corrected chi connectivity index (χ2v) is 4.50. The summed E-state index contributed by atoms with van der Waals surface area (Å²) in [7, 11) is 0. The van der Waals surface area contributed by atoms with Gasteiger partial charge in [-0.2, -0.15) is 0 Å². The Morgan fingerprint density at radius 2 is 1.31 bits per heavy atom. The van der Waals surface area contributed by atoms with Crippen molar-refractivity contribution < 1.29 is 4.39 Å². The first-order chi connectivity index (χ1) is 6.18. The highest BCUT2D eigenvalue weighted by atomic mass is 19.1. The van der Waals surface area contributed by atoms with Gasteiger partial charge < -0.3 is 0 Å². The predicted octanol–water partition coefficient (Wildman–Crippen LogP) is 4.49. The molecule has 0 aromatic rings. The molecule has 3 saturated carbocycles. The number of halogens is 1. The van der Waals surface area contributed by atoms with Crippen LogP contribution in [0, 0.1) is 5.41 Å². The number of fused-ring (bicyclic) bond motifs is 3. The normalized spacial score (nSPS) is 42.5. The first-order valence-electron chi connectivity index (χ1n) is 5.87. The van der Waals surface area contributed by atoms with Gasteiger partial charge in [-0.25, -0.2) is 4.39 Å². The number of rotatable bonds is 1. The van der Waals surface area contributed by atoms with Crippen LogP contribution in [-0.4, -0.2) is 5.67 Å². The van der Waals surface area contributed by atoms with Crippen molar-refractivity contribution in [1.29, 1.82) is 0 Å². The molecule has 0 aromatic heterocycles. The number of hydrogen-bond acceptors (Lipinski definition) is 0. The quantitative estimate of drug-likeness (QED) is 0.566. The first-order valence-corrected chi connectivity index (χ1v) is 5.87. The van der Waals surface area contributed by atoms with E-state index < -0.39 is 5.67 Å². The summed E-state index contributed by atoms with van der Waals surface area (Å²) in [5.74, 6) is 0. The zero-order valence-corrected chi connectivity index (χ0v) is 9.33. The van der Waals surface area contributed by atoms with Gasteiger partial charge in [-0.05, 0) is 43.9 Å². The lowest BCUT2D eigenvalue weighted by atomic mass is 9.58. The number of hydrogen-bond donors (Lipinski definition) is 0. The van der Waals surface area contributed by atoms with Crippen LogP contribution in [0.5, 0.6) is 0 Å². The van der Waals surface area contributed by atoms with Gasteiger partial charge in [0.15, 0.2) is 0 Å². The minimum Gasteiger partial charge on any atom is -0.244 e. The van der Waals surface area contributed by atoms with Gasteiger partial charge in [0.2, 0.25) is 0 Å². The fraction of sp³-hybridized carbons (Fsp3) is 1.00. The molecule has 3 fully saturated rings. The van der Waals surface area contributed by atoms with Crippen LogP contribution in [0.4, 0.5) is 4.39 Å². The molecule has 0 radical (unpaired) electrons. The summed E-state index contributed by atoms with van der Waals surface area (Å²) < 4.78 is 13.6.